The Balaban J connectivity index is 2.08. The van der Waals surface area contributed by atoms with Crippen LogP contribution in [0, 0.1) is 5.92 Å². The lowest BCUT2D eigenvalue weighted by atomic mass is 9.90. The Morgan fingerprint density at radius 2 is 2.05 bits per heavy atom. The highest BCUT2D eigenvalue weighted by molar-refractivity contribution is 7.98. The van der Waals surface area contributed by atoms with E-state index >= 15 is 0 Å². The van der Waals surface area contributed by atoms with E-state index in [-0.39, 0.29) is 23.8 Å². The number of amides is 2. The van der Waals surface area contributed by atoms with E-state index in [1.807, 2.05) is 44.4 Å². The number of carbonyl (C=O) groups excluding carboxylic acids is 2. The molecular weight excluding hydrogens is 296 g/mol. The lowest BCUT2D eigenvalue weighted by molar-refractivity contribution is 0.0842. The summed E-state index contributed by atoms with van der Waals surface area (Å²) in [6.45, 7) is 5.13. The van der Waals surface area contributed by atoms with Crippen molar-refractivity contribution in [3.05, 3.63) is 29.8 Å². The van der Waals surface area contributed by atoms with Crippen molar-refractivity contribution in [2.24, 2.45) is 5.92 Å². The molecular formula is C17H24N2O2S. The molecule has 120 valence electrons. The van der Waals surface area contributed by atoms with Gasteiger partial charge in [0.2, 0.25) is 0 Å². The fourth-order valence-corrected chi connectivity index (χ4v) is 3.39. The fraction of sp³-hybridized carbons (Fsp3) is 0.529. The van der Waals surface area contributed by atoms with Crippen LogP contribution in [0.25, 0.3) is 0 Å². The molecule has 1 aromatic carbocycles. The normalized spacial score (nSPS) is 18.4. The zero-order chi connectivity index (χ0) is 16.1. The zero-order valence-electron chi connectivity index (χ0n) is 13.5. The molecule has 0 saturated carbocycles. The van der Waals surface area contributed by atoms with E-state index in [1.54, 1.807) is 16.7 Å². The molecule has 0 aliphatic carbocycles. The summed E-state index contributed by atoms with van der Waals surface area (Å²) in [7, 11) is 0. The first-order valence-corrected chi connectivity index (χ1v) is 8.98. The van der Waals surface area contributed by atoms with Gasteiger partial charge in [0.25, 0.3) is 0 Å². The van der Waals surface area contributed by atoms with Crippen molar-refractivity contribution in [3.63, 3.8) is 0 Å². The summed E-state index contributed by atoms with van der Waals surface area (Å²) in [6.07, 6.45) is 3.71. The maximum atomic E-state index is 12.8. The van der Waals surface area contributed by atoms with Crippen LogP contribution in [0.1, 0.15) is 37.0 Å². The first-order chi connectivity index (χ1) is 10.5. The number of hydrogen-bond acceptors (Lipinski definition) is 3. The maximum absolute atomic E-state index is 12.8. The van der Waals surface area contributed by atoms with Crippen LogP contribution in [0.3, 0.4) is 0 Å². The van der Waals surface area contributed by atoms with Crippen molar-refractivity contribution >= 4 is 23.6 Å². The Hall–Kier alpha value is -1.49. The number of likely N-dealkylation sites (tertiary alicyclic amines) is 1. The standard InChI is InChI=1S/C17H24N2O2S/c1-12(2)18-17(21)19-10-6-7-13(11-19)16(20)14-8-4-5-9-15(14)22-3/h4-5,8-9,12-13H,6-7,10-11H2,1-3H3,(H,18,21)/t13-/m0/s1. The molecule has 1 heterocycles. The molecule has 5 heteroatoms. The molecule has 1 N–H and O–H groups in total. The van der Waals surface area contributed by atoms with Gasteiger partial charge in [0.1, 0.15) is 0 Å². The van der Waals surface area contributed by atoms with Gasteiger partial charge in [0.05, 0.1) is 0 Å². The molecule has 2 amide bonds. The first kappa shape index (κ1) is 16.9. The van der Waals surface area contributed by atoms with Crippen molar-refractivity contribution in [2.45, 2.75) is 37.6 Å². The van der Waals surface area contributed by atoms with Gasteiger partial charge in [-0.05, 0) is 39.0 Å². The molecule has 0 aromatic heterocycles. The minimum absolute atomic E-state index is 0.0642. The van der Waals surface area contributed by atoms with Gasteiger partial charge in [-0.1, -0.05) is 18.2 Å². The van der Waals surface area contributed by atoms with Gasteiger partial charge in [-0.25, -0.2) is 4.79 Å². The van der Waals surface area contributed by atoms with Crippen LogP contribution in [0.5, 0.6) is 0 Å². The maximum Gasteiger partial charge on any atom is 0.317 e. The van der Waals surface area contributed by atoms with Crippen molar-refractivity contribution in [1.29, 1.82) is 0 Å². The monoisotopic (exact) mass is 320 g/mol. The summed E-state index contributed by atoms with van der Waals surface area (Å²) in [5, 5.41) is 2.91. The highest BCUT2D eigenvalue weighted by atomic mass is 32.2. The lowest BCUT2D eigenvalue weighted by Gasteiger charge is -2.32. The molecule has 0 radical (unpaired) electrons. The van der Waals surface area contributed by atoms with Gasteiger partial charge in [0, 0.05) is 35.5 Å². The second-order valence-electron chi connectivity index (χ2n) is 5.95. The van der Waals surface area contributed by atoms with Crippen molar-refractivity contribution in [3.8, 4) is 0 Å². The Morgan fingerprint density at radius 3 is 2.73 bits per heavy atom. The molecule has 0 spiro atoms. The second kappa shape index (κ2) is 7.68. The topological polar surface area (TPSA) is 49.4 Å². The predicted octanol–water partition coefficient (Wildman–Crippen LogP) is 3.42. The van der Waals surface area contributed by atoms with Crippen LogP contribution in [-0.2, 0) is 0 Å². The summed E-state index contributed by atoms with van der Waals surface area (Å²) in [5.41, 5.74) is 0.783. The van der Waals surface area contributed by atoms with Gasteiger partial charge < -0.3 is 10.2 Å². The van der Waals surface area contributed by atoms with Gasteiger partial charge in [-0.3, -0.25) is 4.79 Å². The summed E-state index contributed by atoms with van der Waals surface area (Å²) in [6, 6.07) is 7.77. The summed E-state index contributed by atoms with van der Waals surface area (Å²) >= 11 is 1.59. The minimum Gasteiger partial charge on any atom is -0.336 e. The second-order valence-corrected chi connectivity index (χ2v) is 6.80. The average Bonchev–Trinajstić information content (AvgIpc) is 2.53. The predicted molar refractivity (Wildman–Crippen MR) is 90.5 cm³/mol. The van der Waals surface area contributed by atoms with E-state index < -0.39 is 0 Å². The molecule has 1 aromatic rings. The van der Waals surface area contributed by atoms with Crippen molar-refractivity contribution < 1.29 is 9.59 Å². The highest BCUT2D eigenvalue weighted by Crippen LogP contribution is 2.26. The number of nitrogens with one attached hydrogen (secondary N) is 1. The third-order valence-corrected chi connectivity index (χ3v) is 4.66. The van der Waals surface area contributed by atoms with Crippen LogP contribution in [0.2, 0.25) is 0 Å². The van der Waals surface area contributed by atoms with Crippen LogP contribution >= 0.6 is 11.8 Å². The van der Waals surface area contributed by atoms with Gasteiger partial charge in [-0.15, -0.1) is 11.8 Å². The Kier molecular flexibility index (Phi) is 5.89. The molecule has 1 saturated heterocycles. The number of urea groups is 1. The number of benzene rings is 1. The Labute approximate surface area is 136 Å². The van der Waals surface area contributed by atoms with E-state index in [0.29, 0.717) is 6.54 Å². The molecule has 1 fully saturated rings. The number of rotatable bonds is 4. The quantitative estimate of drug-likeness (QED) is 0.683. The Bertz CT molecular complexity index is 545. The molecule has 0 unspecified atom stereocenters. The Morgan fingerprint density at radius 1 is 1.32 bits per heavy atom. The summed E-state index contributed by atoms with van der Waals surface area (Å²) in [5.74, 6) is 0.0620. The summed E-state index contributed by atoms with van der Waals surface area (Å²) in [4.78, 5) is 27.7. The third kappa shape index (κ3) is 4.03. The minimum atomic E-state index is -0.0973. The fourth-order valence-electron chi connectivity index (χ4n) is 2.78. The SMILES string of the molecule is CSc1ccccc1C(=O)[C@H]1CCCN(C(=O)NC(C)C)C1. The largest absolute Gasteiger partial charge is 0.336 e. The number of thioether (sulfide) groups is 1. The molecule has 1 aliphatic rings. The molecule has 0 bridgehead atoms. The van der Waals surface area contributed by atoms with E-state index in [1.165, 1.54) is 0 Å². The van der Waals surface area contributed by atoms with E-state index in [9.17, 15) is 9.59 Å². The van der Waals surface area contributed by atoms with Crippen LogP contribution < -0.4 is 5.32 Å². The number of nitrogens with zero attached hydrogens (tertiary/aromatic N) is 1. The van der Waals surface area contributed by atoms with E-state index in [2.05, 4.69) is 5.32 Å². The number of ketones is 1. The molecule has 2 rings (SSSR count). The van der Waals surface area contributed by atoms with E-state index in [0.717, 1.165) is 29.8 Å². The average molecular weight is 320 g/mol. The van der Waals surface area contributed by atoms with Gasteiger partial charge in [0.15, 0.2) is 5.78 Å². The number of piperidine rings is 1. The molecule has 1 aliphatic heterocycles. The smallest absolute Gasteiger partial charge is 0.317 e. The van der Waals surface area contributed by atoms with Gasteiger partial charge in [-0.2, -0.15) is 0 Å². The number of carbonyl (C=O) groups is 2. The van der Waals surface area contributed by atoms with Crippen molar-refractivity contribution in [1.82, 2.24) is 10.2 Å². The highest BCUT2D eigenvalue weighted by Gasteiger charge is 2.30. The molecule has 22 heavy (non-hydrogen) atoms. The number of hydrogen-bond donors (Lipinski definition) is 1. The third-order valence-electron chi connectivity index (χ3n) is 3.86. The van der Waals surface area contributed by atoms with Gasteiger partial charge >= 0.3 is 6.03 Å². The van der Waals surface area contributed by atoms with E-state index in [4.69, 9.17) is 0 Å². The number of Topliss-reactive ketones (excluding diaryl/α,β-unsaturated/α-hetero) is 1. The van der Waals surface area contributed by atoms with Crippen LogP contribution in [0.15, 0.2) is 29.2 Å². The first-order valence-electron chi connectivity index (χ1n) is 7.75. The molecule has 1 atom stereocenters. The summed E-state index contributed by atoms with van der Waals surface area (Å²) < 4.78 is 0. The lowest BCUT2D eigenvalue weighted by Crippen LogP contribution is -2.48. The van der Waals surface area contributed by atoms with Crippen LogP contribution in [-0.4, -0.2) is 42.1 Å². The van der Waals surface area contributed by atoms with Crippen molar-refractivity contribution in [2.75, 3.05) is 19.3 Å². The van der Waals surface area contributed by atoms with Crippen LogP contribution in [0.4, 0.5) is 4.79 Å². The zero-order valence-corrected chi connectivity index (χ0v) is 14.3. The molecule has 4 nitrogen and oxygen atoms in total.